The largest absolute Gasteiger partial charge is 0.473 e. The number of benzene rings is 1. The van der Waals surface area contributed by atoms with Gasteiger partial charge in [-0.05, 0) is 39.3 Å². The van der Waals surface area contributed by atoms with Crippen LogP contribution in [0.2, 0.25) is 0 Å². The summed E-state index contributed by atoms with van der Waals surface area (Å²) in [7, 11) is -3.48. The number of aromatic nitrogens is 2. The van der Waals surface area contributed by atoms with Gasteiger partial charge in [-0.2, -0.15) is 9.29 Å². The van der Waals surface area contributed by atoms with Gasteiger partial charge in [-0.1, -0.05) is 17.7 Å². The highest BCUT2D eigenvalue weighted by atomic mass is 32.2. The quantitative estimate of drug-likeness (QED) is 0.848. The SMILES string of the molecule is Cc1ccc(S(=O)(=O)N2CC[C@H](Oc3cc(C)nc(C)n3)C2)cc1. The third-order valence-electron chi connectivity index (χ3n) is 4.00. The first kappa shape index (κ1) is 16.9. The Morgan fingerprint density at radius 2 is 1.83 bits per heavy atom. The Bertz CT molecular complexity index is 814. The van der Waals surface area contributed by atoms with Crippen molar-refractivity contribution in [3.63, 3.8) is 0 Å². The Kier molecular flexibility index (Phi) is 4.56. The summed E-state index contributed by atoms with van der Waals surface area (Å²) < 4.78 is 32.7. The fourth-order valence-electron chi connectivity index (χ4n) is 2.79. The van der Waals surface area contributed by atoms with Gasteiger partial charge in [-0.3, -0.25) is 0 Å². The zero-order valence-electron chi connectivity index (χ0n) is 14.1. The van der Waals surface area contributed by atoms with Gasteiger partial charge in [-0.15, -0.1) is 0 Å². The molecule has 1 aliphatic rings. The van der Waals surface area contributed by atoms with Crippen molar-refractivity contribution in [2.24, 2.45) is 0 Å². The molecular formula is C17H21N3O3S. The van der Waals surface area contributed by atoms with Crippen molar-refractivity contribution < 1.29 is 13.2 Å². The van der Waals surface area contributed by atoms with Crippen LogP contribution in [0.5, 0.6) is 5.88 Å². The third-order valence-corrected chi connectivity index (χ3v) is 5.88. The zero-order chi connectivity index (χ0) is 17.3. The number of nitrogens with zero attached hydrogens (tertiary/aromatic N) is 3. The second kappa shape index (κ2) is 6.49. The second-order valence-electron chi connectivity index (χ2n) is 6.10. The molecular weight excluding hydrogens is 326 g/mol. The van der Waals surface area contributed by atoms with E-state index in [2.05, 4.69) is 9.97 Å². The summed E-state index contributed by atoms with van der Waals surface area (Å²) in [4.78, 5) is 8.79. The summed E-state index contributed by atoms with van der Waals surface area (Å²) in [5, 5.41) is 0. The van der Waals surface area contributed by atoms with Gasteiger partial charge in [0.25, 0.3) is 0 Å². The summed E-state index contributed by atoms with van der Waals surface area (Å²) in [6.45, 7) is 6.40. The van der Waals surface area contributed by atoms with Gasteiger partial charge in [0, 0.05) is 18.3 Å². The zero-order valence-corrected chi connectivity index (χ0v) is 14.9. The number of aryl methyl sites for hydroxylation is 3. The van der Waals surface area contributed by atoms with Crippen LogP contribution < -0.4 is 4.74 Å². The summed E-state index contributed by atoms with van der Waals surface area (Å²) in [6, 6.07) is 8.68. The number of sulfonamides is 1. The summed E-state index contributed by atoms with van der Waals surface area (Å²) in [5.74, 6) is 1.15. The van der Waals surface area contributed by atoms with E-state index in [0.29, 0.717) is 36.1 Å². The monoisotopic (exact) mass is 347 g/mol. The first-order chi connectivity index (χ1) is 11.3. The van der Waals surface area contributed by atoms with Crippen molar-refractivity contribution in [3.05, 3.63) is 47.4 Å². The topological polar surface area (TPSA) is 72.4 Å². The smallest absolute Gasteiger partial charge is 0.243 e. The molecule has 0 aliphatic carbocycles. The fourth-order valence-corrected chi connectivity index (χ4v) is 4.27. The Morgan fingerprint density at radius 3 is 2.50 bits per heavy atom. The Morgan fingerprint density at radius 1 is 1.12 bits per heavy atom. The minimum absolute atomic E-state index is 0.195. The molecule has 3 rings (SSSR count). The minimum Gasteiger partial charge on any atom is -0.473 e. The maximum atomic E-state index is 12.7. The van der Waals surface area contributed by atoms with Crippen molar-refractivity contribution in [2.45, 2.75) is 38.2 Å². The van der Waals surface area contributed by atoms with Crippen LogP contribution in [-0.4, -0.2) is 41.9 Å². The average Bonchev–Trinajstić information content (AvgIpc) is 2.96. The van der Waals surface area contributed by atoms with E-state index in [1.165, 1.54) is 4.31 Å². The van der Waals surface area contributed by atoms with Gasteiger partial charge in [0.05, 0.1) is 11.4 Å². The van der Waals surface area contributed by atoms with Crippen LogP contribution in [0, 0.1) is 20.8 Å². The average molecular weight is 347 g/mol. The minimum atomic E-state index is -3.48. The molecule has 7 heteroatoms. The molecule has 6 nitrogen and oxygen atoms in total. The van der Waals surface area contributed by atoms with Crippen LogP contribution in [-0.2, 0) is 10.0 Å². The molecule has 1 aromatic heterocycles. The van der Waals surface area contributed by atoms with E-state index in [9.17, 15) is 8.42 Å². The number of hydrogen-bond donors (Lipinski definition) is 0. The lowest BCUT2D eigenvalue weighted by Gasteiger charge is -2.17. The first-order valence-corrected chi connectivity index (χ1v) is 9.34. The molecule has 0 N–H and O–H groups in total. The lowest BCUT2D eigenvalue weighted by atomic mass is 10.2. The van der Waals surface area contributed by atoms with Gasteiger partial charge in [-0.25, -0.2) is 13.4 Å². The van der Waals surface area contributed by atoms with Crippen LogP contribution in [0.15, 0.2) is 35.2 Å². The lowest BCUT2D eigenvalue weighted by Crippen LogP contribution is -2.31. The van der Waals surface area contributed by atoms with Gasteiger partial charge in [0.2, 0.25) is 15.9 Å². The summed E-state index contributed by atoms with van der Waals surface area (Å²) in [6.07, 6.45) is 0.451. The lowest BCUT2D eigenvalue weighted by molar-refractivity contribution is 0.206. The predicted octanol–water partition coefficient (Wildman–Crippen LogP) is 2.24. The van der Waals surface area contributed by atoms with E-state index in [1.54, 1.807) is 18.2 Å². The highest BCUT2D eigenvalue weighted by Crippen LogP contribution is 2.24. The van der Waals surface area contributed by atoms with E-state index < -0.39 is 10.0 Å². The van der Waals surface area contributed by atoms with Crippen molar-refractivity contribution in [3.8, 4) is 5.88 Å². The standard InChI is InChI=1S/C17H21N3O3S/c1-12-4-6-16(7-5-12)24(21,22)20-9-8-15(11-20)23-17-10-13(2)18-14(3)19-17/h4-7,10,15H,8-9,11H2,1-3H3/t15-/m0/s1. The van der Waals surface area contributed by atoms with Gasteiger partial charge < -0.3 is 4.74 Å². The van der Waals surface area contributed by atoms with E-state index in [-0.39, 0.29) is 6.10 Å². The third kappa shape index (κ3) is 3.57. The van der Waals surface area contributed by atoms with E-state index in [0.717, 1.165) is 11.3 Å². The molecule has 24 heavy (non-hydrogen) atoms. The summed E-state index contributed by atoms with van der Waals surface area (Å²) in [5.41, 5.74) is 1.87. The maximum Gasteiger partial charge on any atom is 0.243 e. The molecule has 0 bridgehead atoms. The van der Waals surface area contributed by atoms with E-state index in [4.69, 9.17) is 4.74 Å². The van der Waals surface area contributed by atoms with Crippen LogP contribution in [0.1, 0.15) is 23.5 Å². The maximum absolute atomic E-state index is 12.7. The predicted molar refractivity (Wildman–Crippen MR) is 90.5 cm³/mol. The molecule has 1 aromatic carbocycles. The molecule has 1 aliphatic heterocycles. The fraction of sp³-hybridized carbons (Fsp3) is 0.412. The Balaban J connectivity index is 1.71. The molecule has 0 amide bonds. The molecule has 0 spiro atoms. The van der Waals surface area contributed by atoms with Crippen LogP contribution in [0.25, 0.3) is 0 Å². The summed E-state index contributed by atoms with van der Waals surface area (Å²) >= 11 is 0. The molecule has 0 unspecified atom stereocenters. The molecule has 2 aromatic rings. The van der Waals surface area contributed by atoms with Crippen LogP contribution in [0.4, 0.5) is 0 Å². The normalized spacial score (nSPS) is 18.7. The van der Waals surface area contributed by atoms with Gasteiger partial charge >= 0.3 is 0 Å². The molecule has 1 saturated heterocycles. The molecule has 1 atom stereocenters. The highest BCUT2D eigenvalue weighted by molar-refractivity contribution is 7.89. The molecule has 0 radical (unpaired) electrons. The number of hydrogen-bond acceptors (Lipinski definition) is 5. The first-order valence-electron chi connectivity index (χ1n) is 7.90. The second-order valence-corrected chi connectivity index (χ2v) is 8.04. The molecule has 2 heterocycles. The highest BCUT2D eigenvalue weighted by Gasteiger charge is 2.33. The number of rotatable bonds is 4. The molecule has 1 fully saturated rings. The van der Waals surface area contributed by atoms with Crippen LogP contribution in [0.3, 0.4) is 0 Å². The van der Waals surface area contributed by atoms with Crippen molar-refractivity contribution in [1.82, 2.24) is 14.3 Å². The van der Waals surface area contributed by atoms with Crippen molar-refractivity contribution in [2.75, 3.05) is 13.1 Å². The van der Waals surface area contributed by atoms with Gasteiger partial charge in [0.15, 0.2) is 0 Å². The molecule has 0 saturated carbocycles. The number of ether oxygens (including phenoxy) is 1. The van der Waals surface area contributed by atoms with E-state index >= 15 is 0 Å². The van der Waals surface area contributed by atoms with Crippen molar-refractivity contribution >= 4 is 10.0 Å². The van der Waals surface area contributed by atoms with Gasteiger partial charge in [0.1, 0.15) is 11.9 Å². The Labute approximate surface area is 142 Å². The Hall–Kier alpha value is -1.99. The van der Waals surface area contributed by atoms with E-state index in [1.807, 2.05) is 32.9 Å². The van der Waals surface area contributed by atoms with Crippen LogP contribution >= 0.6 is 0 Å². The van der Waals surface area contributed by atoms with Crippen molar-refractivity contribution in [1.29, 1.82) is 0 Å². The molecule has 128 valence electrons.